The first kappa shape index (κ1) is 31.9. The molecule has 0 saturated heterocycles. The van der Waals surface area contributed by atoms with Crippen LogP contribution in [0.2, 0.25) is 0 Å². The van der Waals surface area contributed by atoms with E-state index in [1.807, 2.05) is 0 Å². The van der Waals surface area contributed by atoms with Crippen molar-refractivity contribution in [3.63, 3.8) is 0 Å². The molecule has 3 heteroatoms. The van der Waals surface area contributed by atoms with E-state index in [4.69, 9.17) is 0 Å². The first-order valence-corrected chi connectivity index (χ1v) is 16.3. The summed E-state index contributed by atoms with van der Waals surface area (Å²) in [6, 6.07) is 6.44. The summed E-state index contributed by atoms with van der Waals surface area (Å²) in [6.07, 6.45) is 16.8. The predicted molar refractivity (Wildman–Crippen MR) is 179 cm³/mol. The van der Waals surface area contributed by atoms with E-state index in [1.54, 1.807) is 0 Å². The Balaban J connectivity index is 1.31. The van der Waals surface area contributed by atoms with Crippen LogP contribution in [-0.2, 0) is 0 Å². The van der Waals surface area contributed by atoms with Gasteiger partial charge in [0, 0.05) is 75.2 Å². The summed E-state index contributed by atoms with van der Waals surface area (Å²) in [4.78, 5) is 7.65. The molecular weight excluding hydrogens is 510 g/mol. The largest absolute Gasteiger partial charge is 0.299 e. The highest BCUT2D eigenvalue weighted by molar-refractivity contribution is 5.51. The summed E-state index contributed by atoms with van der Waals surface area (Å²) in [5, 5.41) is 0. The van der Waals surface area contributed by atoms with E-state index < -0.39 is 0 Å². The van der Waals surface area contributed by atoms with Gasteiger partial charge in [-0.15, -0.1) is 0 Å². The molecule has 3 nitrogen and oxygen atoms in total. The van der Waals surface area contributed by atoms with Crippen LogP contribution in [-0.4, -0.2) is 73.6 Å². The minimum absolute atomic E-state index is 0.923. The van der Waals surface area contributed by atoms with Crippen molar-refractivity contribution in [1.82, 2.24) is 14.7 Å². The van der Waals surface area contributed by atoms with Crippen LogP contribution in [0.1, 0.15) is 95.2 Å². The number of benzene rings is 1. The lowest BCUT2D eigenvalue weighted by Crippen LogP contribution is -2.30. The zero-order valence-electron chi connectivity index (χ0n) is 26.5. The van der Waals surface area contributed by atoms with Gasteiger partial charge in [-0.25, -0.2) is 0 Å². The number of unbranched alkanes of at least 4 members (excludes halogenated alkanes) is 3. The standard InChI is InChI=1S/C39H51N3/c1-34-16-13-25-40(31-34)22-10-4-7-19-37-28-38(20-8-5-11-23-41-26-14-17-35(2)32-41)30-39(29-37)21-9-6-12-24-42-27-15-18-36(3)33-42/h16-18,28-30H,4-6,10-15,22-27,31-33H2,1-3H3. The summed E-state index contributed by atoms with van der Waals surface area (Å²) in [6.45, 7) is 17.0. The van der Waals surface area contributed by atoms with Gasteiger partial charge >= 0.3 is 0 Å². The second-order valence-corrected chi connectivity index (χ2v) is 12.4. The predicted octanol–water partition coefficient (Wildman–Crippen LogP) is 7.04. The molecule has 1 aromatic carbocycles. The third-order valence-corrected chi connectivity index (χ3v) is 8.19. The Morgan fingerprint density at radius 3 is 1.10 bits per heavy atom. The summed E-state index contributed by atoms with van der Waals surface area (Å²) in [5.41, 5.74) is 7.60. The molecule has 0 aromatic heterocycles. The molecule has 0 spiro atoms. The molecule has 3 heterocycles. The average molecular weight is 562 g/mol. The smallest absolute Gasteiger partial charge is 0.0270 e. The molecule has 0 aliphatic carbocycles. The number of hydrogen-bond donors (Lipinski definition) is 0. The zero-order valence-corrected chi connectivity index (χ0v) is 26.5. The Kier molecular flexibility index (Phi) is 13.6. The number of nitrogens with zero attached hydrogens (tertiary/aromatic N) is 3. The highest BCUT2D eigenvalue weighted by Crippen LogP contribution is 2.13. The van der Waals surface area contributed by atoms with E-state index in [2.05, 4.69) is 107 Å². The van der Waals surface area contributed by atoms with Gasteiger partial charge in [-0.1, -0.05) is 70.5 Å². The van der Waals surface area contributed by atoms with E-state index in [0.29, 0.717) is 0 Å². The summed E-state index contributed by atoms with van der Waals surface area (Å²) in [5.74, 6) is 20.6. The van der Waals surface area contributed by atoms with Crippen LogP contribution < -0.4 is 0 Å². The van der Waals surface area contributed by atoms with Crippen LogP contribution in [0.15, 0.2) is 53.1 Å². The van der Waals surface area contributed by atoms with Crippen molar-refractivity contribution in [3.8, 4) is 35.5 Å². The summed E-state index contributed by atoms with van der Waals surface area (Å²) < 4.78 is 0. The molecular formula is C39H51N3. The van der Waals surface area contributed by atoms with Gasteiger partial charge in [0.05, 0.1) is 0 Å². The summed E-state index contributed by atoms with van der Waals surface area (Å²) in [7, 11) is 0. The van der Waals surface area contributed by atoms with Crippen molar-refractivity contribution in [2.24, 2.45) is 0 Å². The van der Waals surface area contributed by atoms with Crippen molar-refractivity contribution in [2.75, 3.05) is 58.9 Å². The molecule has 0 saturated carbocycles. The van der Waals surface area contributed by atoms with Gasteiger partial charge in [0.15, 0.2) is 0 Å². The number of rotatable bonds is 9. The Labute approximate surface area is 257 Å². The average Bonchev–Trinajstić information content (AvgIpc) is 2.97. The molecule has 42 heavy (non-hydrogen) atoms. The Hall–Kier alpha value is -3.00. The lowest BCUT2D eigenvalue weighted by molar-refractivity contribution is 0.288. The van der Waals surface area contributed by atoms with Gasteiger partial charge < -0.3 is 0 Å². The molecule has 4 rings (SSSR count). The third kappa shape index (κ3) is 12.1. The molecule has 222 valence electrons. The molecule has 3 aliphatic heterocycles. The number of hydrogen-bond acceptors (Lipinski definition) is 3. The van der Waals surface area contributed by atoms with Crippen LogP contribution in [0.3, 0.4) is 0 Å². The normalized spacial score (nSPS) is 17.9. The van der Waals surface area contributed by atoms with Gasteiger partial charge in [0.25, 0.3) is 0 Å². The quantitative estimate of drug-likeness (QED) is 0.182. The van der Waals surface area contributed by atoms with Gasteiger partial charge in [0.1, 0.15) is 0 Å². The molecule has 1 aromatic rings. The minimum Gasteiger partial charge on any atom is -0.299 e. The van der Waals surface area contributed by atoms with Gasteiger partial charge in [-0.2, -0.15) is 0 Å². The molecule has 3 aliphatic rings. The van der Waals surface area contributed by atoms with Crippen molar-refractivity contribution in [3.05, 3.63) is 69.8 Å². The van der Waals surface area contributed by atoms with Crippen molar-refractivity contribution in [2.45, 2.75) is 78.6 Å². The van der Waals surface area contributed by atoms with Crippen LogP contribution in [0.25, 0.3) is 0 Å². The molecule has 0 atom stereocenters. The molecule has 0 N–H and O–H groups in total. The van der Waals surface area contributed by atoms with Crippen molar-refractivity contribution < 1.29 is 0 Å². The Morgan fingerprint density at radius 2 is 0.810 bits per heavy atom. The maximum absolute atomic E-state index is 3.43. The van der Waals surface area contributed by atoms with Crippen molar-refractivity contribution in [1.29, 1.82) is 0 Å². The fourth-order valence-corrected chi connectivity index (χ4v) is 6.05. The van der Waals surface area contributed by atoms with E-state index in [0.717, 1.165) is 94.5 Å². The highest BCUT2D eigenvalue weighted by Gasteiger charge is 2.10. The first-order valence-electron chi connectivity index (χ1n) is 16.3. The zero-order chi connectivity index (χ0) is 29.4. The maximum Gasteiger partial charge on any atom is 0.0270 e. The van der Waals surface area contributed by atoms with Gasteiger partial charge in [-0.3, -0.25) is 14.7 Å². The van der Waals surface area contributed by atoms with Gasteiger partial charge in [-0.05, 0) is 97.1 Å². The monoisotopic (exact) mass is 561 g/mol. The van der Waals surface area contributed by atoms with Crippen LogP contribution in [0, 0.1) is 35.5 Å². The fraction of sp³-hybridized carbons (Fsp3) is 0.538. The Bertz CT molecular complexity index is 1140. The topological polar surface area (TPSA) is 9.72 Å². The maximum atomic E-state index is 3.43. The summed E-state index contributed by atoms with van der Waals surface area (Å²) >= 11 is 0. The molecule has 0 amide bonds. The molecule has 0 fully saturated rings. The van der Waals surface area contributed by atoms with Crippen LogP contribution in [0.5, 0.6) is 0 Å². The molecule has 0 radical (unpaired) electrons. The van der Waals surface area contributed by atoms with E-state index >= 15 is 0 Å². The lowest BCUT2D eigenvalue weighted by atomic mass is 10.1. The second-order valence-electron chi connectivity index (χ2n) is 12.4. The third-order valence-electron chi connectivity index (χ3n) is 8.19. The Morgan fingerprint density at radius 1 is 0.500 bits per heavy atom. The molecule has 0 bridgehead atoms. The fourth-order valence-electron chi connectivity index (χ4n) is 6.05. The minimum atomic E-state index is 0.923. The highest BCUT2D eigenvalue weighted by atomic mass is 15.1. The first-order chi connectivity index (χ1) is 20.5. The van der Waals surface area contributed by atoms with E-state index in [1.165, 1.54) is 55.6 Å². The van der Waals surface area contributed by atoms with E-state index in [-0.39, 0.29) is 0 Å². The van der Waals surface area contributed by atoms with Crippen molar-refractivity contribution >= 4 is 0 Å². The van der Waals surface area contributed by atoms with Crippen LogP contribution in [0.4, 0.5) is 0 Å². The van der Waals surface area contributed by atoms with Gasteiger partial charge in [0.2, 0.25) is 0 Å². The SMILES string of the molecule is CC1=CCCN(CCCC#Cc2cc(C#CCCCN3CCC=C(C)C3)cc(C#CCCCN3CCC=C(C)C3)c2)C1. The van der Waals surface area contributed by atoms with E-state index in [9.17, 15) is 0 Å². The second kappa shape index (κ2) is 17.8. The lowest BCUT2D eigenvalue weighted by Gasteiger charge is -2.25. The molecule has 0 unspecified atom stereocenters. The van der Waals surface area contributed by atoms with Crippen LogP contribution >= 0.6 is 0 Å².